The SMILES string of the molecule is CCOC(=O)C[C@@H](c1oc(CO)cc(=O)c1O)C1CCCCC1. The van der Waals surface area contributed by atoms with Crippen molar-refractivity contribution in [2.45, 2.75) is 58.0 Å². The molecule has 23 heavy (non-hydrogen) atoms. The van der Waals surface area contributed by atoms with Gasteiger partial charge in [0.25, 0.3) is 0 Å². The molecule has 0 saturated heterocycles. The van der Waals surface area contributed by atoms with Crippen molar-refractivity contribution in [3.8, 4) is 5.75 Å². The van der Waals surface area contributed by atoms with Gasteiger partial charge in [0.15, 0.2) is 5.76 Å². The van der Waals surface area contributed by atoms with Gasteiger partial charge >= 0.3 is 5.97 Å². The predicted octanol–water partition coefficient (Wildman–Crippen LogP) is 2.45. The van der Waals surface area contributed by atoms with E-state index in [2.05, 4.69) is 0 Å². The van der Waals surface area contributed by atoms with Gasteiger partial charge in [0.1, 0.15) is 12.4 Å². The number of aliphatic hydroxyl groups excluding tert-OH is 1. The number of ether oxygens (including phenoxy) is 1. The van der Waals surface area contributed by atoms with Crippen molar-refractivity contribution in [3.63, 3.8) is 0 Å². The summed E-state index contributed by atoms with van der Waals surface area (Å²) < 4.78 is 10.5. The average Bonchev–Trinajstić information content (AvgIpc) is 2.56. The zero-order valence-electron chi connectivity index (χ0n) is 13.4. The molecule has 0 radical (unpaired) electrons. The Kier molecular flexibility index (Phi) is 6.21. The lowest BCUT2D eigenvalue weighted by Gasteiger charge is -2.29. The van der Waals surface area contributed by atoms with Crippen LogP contribution in [-0.2, 0) is 16.1 Å². The first kappa shape index (κ1) is 17.5. The van der Waals surface area contributed by atoms with Crippen molar-refractivity contribution in [3.05, 3.63) is 27.8 Å². The molecule has 2 N–H and O–H groups in total. The van der Waals surface area contributed by atoms with Gasteiger partial charge in [-0.15, -0.1) is 0 Å². The number of hydrogen-bond acceptors (Lipinski definition) is 6. The molecule has 1 aliphatic rings. The maximum Gasteiger partial charge on any atom is 0.306 e. The molecule has 6 nitrogen and oxygen atoms in total. The minimum Gasteiger partial charge on any atom is -0.502 e. The Morgan fingerprint density at radius 1 is 1.39 bits per heavy atom. The molecular formula is C17H24O6. The van der Waals surface area contributed by atoms with E-state index in [0.29, 0.717) is 0 Å². The lowest BCUT2D eigenvalue weighted by Crippen LogP contribution is -2.22. The van der Waals surface area contributed by atoms with E-state index < -0.39 is 23.7 Å². The van der Waals surface area contributed by atoms with Gasteiger partial charge in [-0.3, -0.25) is 9.59 Å². The van der Waals surface area contributed by atoms with E-state index in [1.54, 1.807) is 6.92 Å². The first-order chi connectivity index (χ1) is 11.1. The van der Waals surface area contributed by atoms with Gasteiger partial charge in [-0.05, 0) is 25.7 Å². The molecule has 0 unspecified atom stereocenters. The van der Waals surface area contributed by atoms with Gasteiger partial charge < -0.3 is 19.4 Å². The highest BCUT2D eigenvalue weighted by Gasteiger charge is 2.32. The highest BCUT2D eigenvalue weighted by molar-refractivity contribution is 5.70. The highest BCUT2D eigenvalue weighted by atomic mass is 16.5. The second-order valence-electron chi connectivity index (χ2n) is 5.96. The second-order valence-corrected chi connectivity index (χ2v) is 5.96. The van der Waals surface area contributed by atoms with Crippen molar-refractivity contribution < 1.29 is 24.2 Å². The summed E-state index contributed by atoms with van der Waals surface area (Å²) in [7, 11) is 0. The van der Waals surface area contributed by atoms with E-state index in [9.17, 15) is 19.8 Å². The van der Waals surface area contributed by atoms with Crippen LogP contribution in [0.4, 0.5) is 0 Å². The summed E-state index contributed by atoms with van der Waals surface area (Å²) in [6.45, 7) is 1.58. The minimum atomic E-state index is -0.597. The molecule has 0 bridgehead atoms. The third kappa shape index (κ3) is 4.34. The van der Waals surface area contributed by atoms with Gasteiger partial charge in [0, 0.05) is 12.0 Å². The molecule has 128 valence electrons. The Morgan fingerprint density at radius 2 is 2.09 bits per heavy atom. The van der Waals surface area contributed by atoms with Crippen LogP contribution in [0.1, 0.15) is 62.9 Å². The molecule has 2 rings (SSSR count). The second kappa shape index (κ2) is 8.15. The fourth-order valence-corrected chi connectivity index (χ4v) is 3.29. The number of esters is 1. The number of rotatable bonds is 6. The van der Waals surface area contributed by atoms with Gasteiger partial charge in [0.05, 0.1) is 13.0 Å². The van der Waals surface area contributed by atoms with E-state index in [4.69, 9.17) is 9.15 Å². The number of carbonyl (C=O) groups excluding carboxylic acids is 1. The number of hydrogen-bond donors (Lipinski definition) is 2. The topological polar surface area (TPSA) is 97.0 Å². The molecule has 1 atom stereocenters. The molecular weight excluding hydrogens is 300 g/mol. The molecule has 0 aromatic carbocycles. The number of carbonyl (C=O) groups is 1. The van der Waals surface area contributed by atoms with Crippen molar-refractivity contribution in [2.75, 3.05) is 6.61 Å². The van der Waals surface area contributed by atoms with Gasteiger partial charge in [-0.1, -0.05) is 19.3 Å². The lowest BCUT2D eigenvalue weighted by molar-refractivity contribution is -0.144. The van der Waals surface area contributed by atoms with E-state index in [0.717, 1.165) is 38.2 Å². The molecule has 6 heteroatoms. The largest absolute Gasteiger partial charge is 0.502 e. The zero-order valence-corrected chi connectivity index (χ0v) is 13.4. The van der Waals surface area contributed by atoms with Crippen molar-refractivity contribution in [1.29, 1.82) is 0 Å². The fourth-order valence-electron chi connectivity index (χ4n) is 3.29. The summed E-state index contributed by atoms with van der Waals surface area (Å²) in [6, 6.07) is 1.07. The Bertz CT molecular complexity index is 585. The Labute approximate surface area is 135 Å². The summed E-state index contributed by atoms with van der Waals surface area (Å²) in [4.78, 5) is 23.8. The first-order valence-electron chi connectivity index (χ1n) is 8.19. The van der Waals surface area contributed by atoms with Crippen LogP contribution in [0.5, 0.6) is 5.75 Å². The standard InChI is InChI=1S/C17H24O6/c1-2-22-15(20)9-13(11-6-4-3-5-7-11)17-16(21)14(19)8-12(10-18)23-17/h8,11,13,18,21H,2-7,9-10H2,1H3/t13-/m1/s1. The number of aromatic hydroxyl groups is 1. The summed E-state index contributed by atoms with van der Waals surface area (Å²) >= 11 is 0. The van der Waals surface area contributed by atoms with E-state index in [1.807, 2.05) is 0 Å². The molecule has 1 aliphatic carbocycles. The molecule has 1 aromatic heterocycles. The highest BCUT2D eigenvalue weighted by Crippen LogP contribution is 2.40. The van der Waals surface area contributed by atoms with Gasteiger partial charge in [-0.25, -0.2) is 0 Å². The molecule has 0 aliphatic heterocycles. The van der Waals surface area contributed by atoms with Crippen LogP contribution in [-0.4, -0.2) is 22.8 Å². The summed E-state index contributed by atoms with van der Waals surface area (Å²) in [5, 5.41) is 19.4. The quantitative estimate of drug-likeness (QED) is 0.780. The van der Waals surface area contributed by atoms with E-state index in [1.165, 1.54) is 0 Å². The lowest BCUT2D eigenvalue weighted by atomic mass is 9.77. The Hall–Kier alpha value is -1.82. The van der Waals surface area contributed by atoms with Crippen LogP contribution in [0.25, 0.3) is 0 Å². The van der Waals surface area contributed by atoms with Crippen LogP contribution in [0, 0.1) is 5.92 Å². The van der Waals surface area contributed by atoms with Crippen LogP contribution in [0.2, 0.25) is 0 Å². The Balaban J connectivity index is 2.37. The van der Waals surface area contributed by atoms with E-state index in [-0.39, 0.29) is 36.4 Å². The van der Waals surface area contributed by atoms with E-state index >= 15 is 0 Å². The Morgan fingerprint density at radius 3 is 2.70 bits per heavy atom. The minimum absolute atomic E-state index is 0.0594. The fraction of sp³-hybridized carbons (Fsp3) is 0.647. The third-order valence-corrected chi connectivity index (χ3v) is 4.40. The zero-order chi connectivity index (χ0) is 16.8. The number of aliphatic hydroxyl groups is 1. The molecule has 1 saturated carbocycles. The summed E-state index contributed by atoms with van der Waals surface area (Å²) in [6.07, 6.45) is 5.13. The van der Waals surface area contributed by atoms with Crippen molar-refractivity contribution in [1.82, 2.24) is 0 Å². The van der Waals surface area contributed by atoms with Crippen LogP contribution >= 0.6 is 0 Å². The maximum absolute atomic E-state index is 11.9. The first-order valence-corrected chi connectivity index (χ1v) is 8.19. The predicted molar refractivity (Wildman–Crippen MR) is 83.1 cm³/mol. The molecule has 0 amide bonds. The molecule has 1 fully saturated rings. The van der Waals surface area contributed by atoms with Crippen LogP contribution in [0.3, 0.4) is 0 Å². The normalized spacial score (nSPS) is 17.0. The maximum atomic E-state index is 11.9. The molecule has 1 aromatic rings. The van der Waals surface area contributed by atoms with Crippen LogP contribution in [0.15, 0.2) is 15.3 Å². The van der Waals surface area contributed by atoms with Crippen molar-refractivity contribution >= 4 is 5.97 Å². The molecule has 1 heterocycles. The van der Waals surface area contributed by atoms with Gasteiger partial charge in [0.2, 0.25) is 11.2 Å². The third-order valence-electron chi connectivity index (χ3n) is 4.40. The average molecular weight is 324 g/mol. The summed E-state index contributed by atoms with van der Waals surface area (Å²) in [5.41, 5.74) is -0.597. The van der Waals surface area contributed by atoms with Crippen LogP contribution < -0.4 is 5.43 Å². The summed E-state index contributed by atoms with van der Waals surface area (Å²) in [5.74, 6) is -0.916. The monoisotopic (exact) mass is 324 g/mol. The smallest absolute Gasteiger partial charge is 0.306 e. The van der Waals surface area contributed by atoms with Gasteiger partial charge in [-0.2, -0.15) is 0 Å². The molecule has 0 spiro atoms. The van der Waals surface area contributed by atoms with Crippen molar-refractivity contribution in [2.24, 2.45) is 5.92 Å².